The second-order valence-corrected chi connectivity index (χ2v) is 2.88. The molecule has 2 unspecified atom stereocenters. The Hall–Kier alpha value is -0.690. The highest BCUT2D eigenvalue weighted by atomic mass is 32.2. The van der Waals surface area contributed by atoms with Gasteiger partial charge in [-0.25, -0.2) is 4.21 Å². The fourth-order valence-corrected chi connectivity index (χ4v) is 1.44. The largest absolute Gasteiger partial charge is 0.307 e. The molecule has 0 spiro atoms. The van der Waals surface area contributed by atoms with Gasteiger partial charge in [0.25, 0.3) is 5.09 Å². The Bertz CT molecular complexity index is 170. The maximum Gasteiger partial charge on any atom is 0.294 e. The van der Waals surface area contributed by atoms with Gasteiger partial charge in [-0.1, -0.05) is 0 Å². The molecular formula is C3H5NO5S. The predicted molar refractivity (Wildman–Crippen MR) is 30.8 cm³/mol. The molecule has 0 bridgehead atoms. The van der Waals surface area contributed by atoms with Gasteiger partial charge in [-0.3, -0.25) is 4.18 Å². The summed E-state index contributed by atoms with van der Waals surface area (Å²) in [7, 11) is 0. The molecule has 6 nitrogen and oxygen atoms in total. The van der Waals surface area contributed by atoms with Crippen molar-refractivity contribution in [2.75, 3.05) is 12.4 Å². The number of rotatable bonds is 2. The van der Waals surface area contributed by atoms with Gasteiger partial charge in [0.1, 0.15) is 6.10 Å². The van der Waals surface area contributed by atoms with E-state index in [1.165, 1.54) is 0 Å². The fraction of sp³-hybridized carbons (Fsp3) is 1.00. The summed E-state index contributed by atoms with van der Waals surface area (Å²) in [4.78, 5) is 13.8. The molecule has 58 valence electrons. The third-order valence-corrected chi connectivity index (χ3v) is 1.99. The second kappa shape index (κ2) is 2.93. The van der Waals surface area contributed by atoms with Crippen molar-refractivity contribution >= 4 is 11.1 Å². The maximum atomic E-state index is 10.4. The van der Waals surface area contributed by atoms with Crippen LogP contribution in [0.2, 0.25) is 0 Å². The summed E-state index contributed by atoms with van der Waals surface area (Å²) in [5, 5.41) is 8.78. The monoisotopic (exact) mass is 167 g/mol. The van der Waals surface area contributed by atoms with Crippen molar-refractivity contribution in [1.29, 1.82) is 0 Å². The maximum absolute atomic E-state index is 10.4. The SMILES string of the molecule is O=[N+]([O-])OC1COS(=O)C1. The first-order valence-corrected chi connectivity index (χ1v) is 3.75. The first-order chi connectivity index (χ1) is 4.68. The Labute approximate surface area is 58.9 Å². The van der Waals surface area contributed by atoms with Crippen LogP contribution in [0.15, 0.2) is 0 Å². The first kappa shape index (κ1) is 7.42. The van der Waals surface area contributed by atoms with Gasteiger partial charge in [-0.05, 0) is 0 Å². The Morgan fingerprint density at radius 1 is 1.80 bits per heavy atom. The minimum Gasteiger partial charge on any atom is -0.307 e. The van der Waals surface area contributed by atoms with Crippen LogP contribution in [-0.4, -0.2) is 27.8 Å². The number of hydrogen-bond acceptors (Lipinski definition) is 5. The van der Waals surface area contributed by atoms with Gasteiger partial charge in [-0.2, -0.15) is 0 Å². The summed E-state index contributed by atoms with van der Waals surface area (Å²) in [6.07, 6.45) is -0.657. The molecule has 0 aliphatic carbocycles. The van der Waals surface area contributed by atoms with Gasteiger partial charge < -0.3 is 4.84 Å². The van der Waals surface area contributed by atoms with E-state index in [1.54, 1.807) is 0 Å². The van der Waals surface area contributed by atoms with E-state index in [0.717, 1.165) is 0 Å². The highest BCUT2D eigenvalue weighted by Gasteiger charge is 2.25. The zero-order valence-electron chi connectivity index (χ0n) is 4.89. The van der Waals surface area contributed by atoms with Crippen LogP contribution in [0, 0.1) is 10.1 Å². The van der Waals surface area contributed by atoms with Crippen LogP contribution in [0.25, 0.3) is 0 Å². The van der Waals surface area contributed by atoms with Crippen molar-refractivity contribution in [2.45, 2.75) is 6.10 Å². The molecule has 1 aliphatic heterocycles. The van der Waals surface area contributed by atoms with Gasteiger partial charge >= 0.3 is 0 Å². The molecule has 0 aromatic carbocycles. The van der Waals surface area contributed by atoms with Crippen LogP contribution < -0.4 is 0 Å². The number of hydrogen-bond donors (Lipinski definition) is 0. The van der Waals surface area contributed by atoms with Gasteiger partial charge in [0.2, 0.25) is 0 Å². The Morgan fingerprint density at radius 2 is 2.50 bits per heavy atom. The Morgan fingerprint density at radius 3 is 2.90 bits per heavy atom. The molecule has 2 atom stereocenters. The molecule has 0 N–H and O–H groups in total. The highest BCUT2D eigenvalue weighted by molar-refractivity contribution is 7.80. The third kappa shape index (κ3) is 1.92. The molecular weight excluding hydrogens is 162 g/mol. The molecule has 0 aromatic rings. The second-order valence-electron chi connectivity index (χ2n) is 1.71. The minimum atomic E-state index is -1.40. The first-order valence-electron chi connectivity index (χ1n) is 2.51. The van der Waals surface area contributed by atoms with Crippen molar-refractivity contribution in [3.05, 3.63) is 10.1 Å². The van der Waals surface area contributed by atoms with E-state index in [1.807, 2.05) is 0 Å². The van der Waals surface area contributed by atoms with E-state index >= 15 is 0 Å². The molecule has 10 heavy (non-hydrogen) atoms. The topological polar surface area (TPSA) is 78.7 Å². The van der Waals surface area contributed by atoms with E-state index < -0.39 is 22.3 Å². The van der Waals surface area contributed by atoms with Crippen molar-refractivity contribution < 1.29 is 18.3 Å². The number of nitrogens with zero attached hydrogens (tertiary/aromatic N) is 1. The normalized spacial score (nSPS) is 32.0. The van der Waals surface area contributed by atoms with Crippen LogP contribution in [0.3, 0.4) is 0 Å². The summed E-state index contributed by atoms with van der Waals surface area (Å²) in [6.45, 7) is 0.0353. The zero-order chi connectivity index (χ0) is 7.56. The molecule has 7 heteroatoms. The molecule has 1 aliphatic rings. The summed E-state index contributed by atoms with van der Waals surface area (Å²) in [5.74, 6) is 0.0843. The lowest BCUT2D eigenvalue weighted by atomic mass is 10.4. The molecule has 1 saturated heterocycles. The molecule has 0 amide bonds. The van der Waals surface area contributed by atoms with E-state index in [0.29, 0.717) is 0 Å². The van der Waals surface area contributed by atoms with Crippen LogP contribution in [0.1, 0.15) is 0 Å². The predicted octanol–water partition coefficient (Wildman–Crippen LogP) is -0.743. The summed E-state index contributed by atoms with van der Waals surface area (Å²) in [5.41, 5.74) is 0. The third-order valence-electron chi connectivity index (χ3n) is 0.942. The summed E-state index contributed by atoms with van der Waals surface area (Å²) >= 11 is -1.40. The van der Waals surface area contributed by atoms with Crippen LogP contribution in [0.5, 0.6) is 0 Å². The molecule has 0 radical (unpaired) electrons. The average molecular weight is 167 g/mol. The van der Waals surface area contributed by atoms with Crippen molar-refractivity contribution in [1.82, 2.24) is 0 Å². The molecule has 1 fully saturated rings. The Kier molecular flexibility index (Phi) is 2.17. The molecule has 1 heterocycles. The molecule has 1 rings (SSSR count). The summed E-state index contributed by atoms with van der Waals surface area (Å²) < 4.78 is 14.9. The van der Waals surface area contributed by atoms with Crippen molar-refractivity contribution in [2.24, 2.45) is 0 Å². The van der Waals surface area contributed by atoms with Crippen LogP contribution in [0.4, 0.5) is 0 Å². The van der Waals surface area contributed by atoms with Gasteiger partial charge in [-0.15, -0.1) is 10.1 Å². The zero-order valence-corrected chi connectivity index (χ0v) is 5.70. The highest BCUT2D eigenvalue weighted by Crippen LogP contribution is 2.06. The van der Waals surface area contributed by atoms with Crippen molar-refractivity contribution in [3.63, 3.8) is 0 Å². The Balaban J connectivity index is 2.31. The van der Waals surface area contributed by atoms with Crippen LogP contribution in [-0.2, 0) is 20.1 Å². The fourth-order valence-electron chi connectivity index (χ4n) is 0.582. The average Bonchev–Trinajstić information content (AvgIpc) is 2.13. The summed E-state index contributed by atoms with van der Waals surface area (Å²) in [6, 6.07) is 0. The van der Waals surface area contributed by atoms with Crippen LogP contribution >= 0.6 is 0 Å². The van der Waals surface area contributed by atoms with E-state index in [2.05, 4.69) is 9.02 Å². The molecule has 0 saturated carbocycles. The van der Waals surface area contributed by atoms with E-state index in [9.17, 15) is 14.3 Å². The van der Waals surface area contributed by atoms with E-state index in [4.69, 9.17) is 0 Å². The van der Waals surface area contributed by atoms with Gasteiger partial charge in [0, 0.05) is 0 Å². The standard InChI is InChI=1S/C3H5NO5S/c5-4(6)9-3-1-8-10(7)2-3/h3H,1-2H2. The quantitative estimate of drug-likeness (QED) is 0.399. The minimum absolute atomic E-state index is 0.0353. The molecule has 0 aromatic heterocycles. The lowest BCUT2D eigenvalue weighted by Gasteiger charge is -2.00. The lowest BCUT2D eigenvalue weighted by Crippen LogP contribution is -2.19. The lowest BCUT2D eigenvalue weighted by molar-refractivity contribution is -0.767. The van der Waals surface area contributed by atoms with Gasteiger partial charge in [0.05, 0.1) is 12.4 Å². The van der Waals surface area contributed by atoms with Gasteiger partial charge in [0.15, 0.2) is 11.1 Å². The smallest absolute Gasteiger partial charge is 0.294 e. The van der Waals surface area contributed by atoms with E-state index in [-0.39, 0.29) is 12.4 Å². The van der Waals surface area contributed by atoms with Crippen molar-refractivity contribution in [3.8, 4) is 0 Å².